The summed E-state index contributed by atoms with van der Waals surface area (Å²) < 4.78 is 5.73. The molecule has 0 radical (unpaired) electrons. The third-order valence-corrected chi connectivity index (χ3v) is 4.18. The molecule has 2 aromatic heterocycles. The smallest absolute Gasteiger partial charge is 0.316 e. The second-order valence-corrected chi connectivity index (χ2v) is 5.78. The van der Waals surface area contributed by atoms with Gasteiger partial charge in [0.25, 0.3) is 5.89 Å². The maximum Gasteiger partial charge on any atom is 0.316 e. The SMILES string of the molecule is c1ccc2nc(-c3nnc(NC4CCCCC4)o3)ccc2c1. The van der Waals surface area contributed by atoms with Crippen molar-refractivity contribution in [3.8, 4) is 11.6 Å². The van der Waals surface area contributed by atoms with Crippen LogP contribution in [0, 0.1) is 0 Å². The molecule has 0 saturated heterocycles. The Morgan fingerprint density at radius 1 is 0.955 bits per heavy atom. The molecular formula is C17H18N4O. The zero-order chi connectivity index (χ0) is 14.8. The van der Waals surface area contributed by atoms with Crippen molar-refractivity contribution in [1.29, 1.82) is 0 Å². The summed E-state index contributed by atoms with van der Waals surface area (Å²) in [6.45, 7) is 0. The lowest BCUT2D eigenvalue weighted by atomic mass is 9.96. The van der Waals surface area contributed by atoms with Crippen molar-refractivity contribution in [2.45, 2.75) is 38.1 Å². The van der Waals surface area contributed by atoms with E-state index < -0.39 is 0 Å². The average Bonchev–Trinajstić information content (AvgIpc) is 3.04. The van der Waals surface area contributed by atoms with Gasteiger partial charge in [-0.3, -0.25) is 0 Å². The van der Waals surface area contributed by atoms with Crippen LogP contribution in [0.15, 0.2) is 40.8 Å². The van der Waals surface area contributed by atoms with Gasteiger partial charge < -0.3 is 9.73 Å². The lowest BCUT2D eigenvalue weighted by Crippen LogP contribution is -2.22. The van der Waals surface area contributed by atoms with Crippen LogP contribution in [-0.2, 0) is 0 Å². The lowest BCUT2D eigenvalue weighted by Gasteiger charge is -2.21. The highest BCUT2D eigenvalue weighted by Gasteiger charge is 2.17. The van der Waals surface area contributed by atoms with Crippen LogP contribution in [0.25, 0.3) is 22.5 Å². The molecule has 2 heterocycles. The van der Waals surface area contributed by atoms with Crippen molar-refractivity contribution in [1.82, 2.24) is 15.2 Å². The summed E-state index contributed by atoms with van der Waals surface area (Å²) in [6, 6.07) is 12.9. The zero-order valence-electron chi connectivity index (χ0n) is 12.3. The van der Waals surface area contributed by atoms with Crippen molar-refractivity contribution in [3.63, 3.8) is 0 Å². The minimum Gasteiger partial charge on any atom is -0.402 e. The summed E-state index contributed by atoms with van der Waals surface area (Å²) in [7, 11) is 0. The molecule has 1 aliphatic rings. The molecule has 4 rings (SSSR count). The molecule has 0 aliphatic heterocycles. The molecule has 3 aromatic rings. The van der Waals surface area contributed by atoms with Crippen LogP contribution in [0.3, 0.4) is 0 Å². The van der Waals surface area contributed by atoms with Gasteiger partial charge in [0, 0.05) is 11.4 Å². The van der Waals surface area contributed by atoms with Crippen molar-refractivity contribution in [2.75, 3.05) is 5.32 Å². The first-order valence-electron chi connectivity index (χ1n) is 7.85. The Morgan fingerprint density at radius 2 is 1.82 bits per heavy atom. The fourth-order valence-electron chi connectivity index (χ4n) is 2.99. The van der Waals surface area contributed by atoms with Gasteiger partial charge in [-0.2, -0.15) is 0 Å². The van der Waals surface area contributed by atoms with Gasteiger partial charge in [-0.05, 0) is 25.0 Å². The fraction of sp³-hybridized carbons (Fsp3) is 0.353. The van der Waals surface area contributed by atoms with E-state index in [1.165, 1.54) is 32.1 Å². The van der Waals surface area contributed by atoms with E-state index in [1.807, 2.05) is 36.4 Å². The predicted molar refractivity (Wildman–Crippen MR) is 85.5 cm³/mol. The van der Waals surface area contributed by atoms with Crippen LogP contribution < -0.4 is 5.32 Å². The minimum absolute atomic E-state index is 0.451. The zero-order valence-corrected chi connectivity index (χ0v) is 12.3. The molecule has 112 valence electrons. The van der Waals surface area contributed by atoms with Crippen LogP contribution in [0.2, 0.25) is 0 Å². The van der Waals surface area contributed by atoms with Gasteiger partial charge in [0.1, 0.15) is 5.69 Å². The molecule has 5 nitrogen and oxygen atoms in total. The Morgan fingerprint density at radius 3 is 2.73 bits per heavy atom. The fourth-order valence-corrected chi connectivity index (χ4v) is 2.99. The van der Waals surface area contributed by atoms with E-state index in [2.05, 4.69) is 20.5 Å². The summed E-state index contributed by atoms with van der Waals surface area (Å²) in [4.78, 5) is 4.58. The van der Waals surface area contributed by atoms with E-state index in [-0.39, 0.29) is 0 Å². The Labute approximate surface area is 128 Å². The second kappa shape index (κ2) is 5.75. The summed E-state index contributed by atoms with van der Waals surface area (Å²) in [6.07, 6.45) is 6.21. The third kappa shape index (κ3) is 2.66. The minimum atomic E-state index is 0.451. The standard InChI is InChI=1S/C17H18N4O/c1-2-7-13(8-3-1)18-17-21-20-16(22-17)15-11-10-12-6-4-5-9-14(12)19-15/h4-6,9-11,13H,1-3,7-8H2,(H,18,21). The van der Waals surface area contributed by atoms with Gasteiger partial charge in [-0.15, -0.1) is 5.10 Å². The van der Waals surface area contributed by atoms with Crippen LogP contribution >= 0.6 is 0 Å². The molecule has 1 aliphatic carbocycles. The first-order chi connectivity index (χ1) is 10.9. The Kier molecular flexibility index (Phi) is 3.46. The molecule has 1 fully saturated rings. The van der Waals surface area contributed by atoms with Crippen LogP contribution in [-0.4, -0.2) is 21.2 Å². The van der Waals surface area contributed by atoms with Crippen LogP contribution in [0.1, 0.15) is 32.1 Å². The van der Waals surface area contributed by atoms with Crippen molar-refractivity contribution >= 4 is 16.9 Å². The number of benzene rings is 1. The highest BCUT2D eigenvalue weighted by molar-refractivity contribution is 5.80. The number of para-hydroxylation sites is 1. The molecule has 1 saturated carbocycles. The molecule has 0 unspecified atom stereocenters. The number of rotatable bonds is 3. The molecular weight excluding hydrogens is 276 g/mol. The van der Waals surface area contributed by atoms with E-state index in [1.54, 1.807) is 0 Å². The number of hydrogen-bond acceptors (Lipinski definition) is 5. The van der Waals surface area contributed by atoms with Gasteiger partial charge in [0.05, 0.1) is 5.52 Å². The number of nitrogens with one attached hydrogen (secondary N) is 1. The molecule has 22 heavy (non-hydrogen) atoms. The first-order valence-corrected chi connectivity index (χ1v) is 7.85. The van der Waals surface area contributed by atoms with Gasteiger partial charge in [-0.25, -0.2) is 4.98 Å². The summed E-state index contributed by atoms with van der Waals surface area (Å²) >= 11 is 0. The predicted octanol–water partition coefficient (Wildman–Crippen LogP) is 4.03. The maximum atomic E-state index is 5.73. The molecule has 0 atom stereocenters. The Bertz CT molecular complexity index is 777. The molecule has 5 heteroatoms. The Hall–Kier alpha value is -2.43. The quantitative estimate of drug-likeness (QED) is 0.790. The summed E-state index contributed by atoms with van der Waals surface area (Å²) in [5, 5.41) is 12.7. The van der Waals surface area contributed by atoms with Crippen molar-refractivity contribution in [3.05, 3.63) is 36.4 Å². The number of aromatic nitrogens is 3. The van der Waals surface area contributed by atoms with E-state index in [4.69, 9.17) is 4.42 Å². The largest absolute Gasteiger partial charge is 0.402 e. The van der Waals surface area contributed by atoms with Crippen molar-refractivity contribution in [2.24, 2.45) is 0 Å². The number of pyridine rings is 1. The first kappa shape index (κ1) is 13.2. The number of hydrogen-bond donors (Lipinski definition) is 1. The van der Waals surface area contributed by atoms with Crippen LogP contribution in [0.4, 0.5) is 6.01 Å². The summed E-state index contributed by atoms with van der Waals surface area (Å²) in [5.41, 5.74) is 1.64. The maximum absolute atomic E-state index is 5.73. The molecule has 1 N–H and O–H groups in total. The normalized spacial score (nSPS) is 16.0. The highest BCUT2D eigenvalue weighted by Crippen LogP contribution is 2.24. The monoisotopic (exact) mass is 294 g/mol. The van der Waals surface area contributed by atoms with Gasteiger partial charge >= 0.3 is 6.01 Å². The van der Waals surface area contributed by atoms with E-state index in [9.17, 15) is 0 Å². The van der Waals surface area contributed by atoms with Crippen LogP contribution in [0.5, 0.6) is 0 Å². The van der Waals surface area contributed by atoms with E-state index in [0.717, 1.165) is 10.9 Å². The average molecular weight is 294 g/mol. The molecule has 1 aromatic carbocycles. The Balaban J connectivity index is 1.56. The topological polar surface area (TPSA) is 63.8 Å². The second-order valence-electron chi connectivity index (χ2n) is 5.78. The lowest BCUT2D eigenvalue weighted by molar-refractivity contribution is 0.449. The number of fused-ring (bicyclic) bond motifs is 1. The van der Waals surface area contributed by atoms with E-state index >= 15 is 0 Å². The van der Waals surface area contributed by atoms with Gasteiger partial charge in [-0.1, -0.05) is 48.6 Å². The molecule has 0 spiro atoms. The highest BCUT2D eigenvalue weighted by atomic mass is 16.4. The number of nitrogens with zero attached hydrogens (tertiary/aromatic N) is 3. The molecule has 0 bridgehead atoms. The number of anilines is 1. The van der Waals surface area contributed by atoms with Gasteiger partial charge in [0.15, 0.2) is 0 Å². The summed E-state index contributed by atoms with van der Waals surface area (Å²) in [5.74, 6) is 0.462. The molecule has 0 amide bonds. The van der Waals surface area contributed by atoms with E-state index in [0.29, 0.717) is 23.6 Å². The van der Waals surface area contributed by atoms with Gasteiger partial charge in [0.2, 0.25) is 0 Å². The van der Waals surface area contributed by atoms with Crippen molar-refractivity contribution < 1.29 is 4.42 Å². The third-order valence-electron chi connectivity index (χ3n) is 4.18.